The zero-order valence-electron chi connectivity index (χ0n) is 19.4. The van der Waals surface area contributed by atoms with E-state index in [1.165, 1.54) is 0 Å². The van der Waals surface area contributed by atoms with Crippen molar-refractivity contribution < 1.29 is 14.3 Å². The lowest BCUT2D eigenvalue weighted by atomic mass is 10.1. The minimum absolute atomic E-state index is 0.102. The molecule has 3 rings (SSSR count). The number of carbonyl (C=O) groups excluding carboxylic acids is 2. The second kappa shape index (κ2) is 12.5. The normalized spacial score (nSPS) is 10.3. The highest BCUT2D eigenvalue weighted by atomic mass is 32.1. The van der Waals surface area contributed by atoms with E-state index in [9.17, 15) is 9.59 Å². The van der Waals surface area contributed by atoms with E-state index in [-0.39, 0.29) is 16.9 Å². The molecule has 2 amide bonds. The number of amides is 2. The van der Waals surface area contributed by atoms with Crippen LogP contribution in [0, 0.1) is 0 Å². The fraction of sp³-hybridized carbons (Fsp3) is 0.222. The van der Waals surface area contributed by atoms with E-state index in [4.69, 9.17) is 17.0 Å². The molecule has 0 saturated heterocycles. The number of hydrogen-bond acceptors (Lipinski definition) is 4. The predicted molar refractivity (Wildman–Crippen MR) is 141 cm³/mol. The van der Waals surface area contributed by atoms with Crippen molar-refractivity contribution in [2.24, 2.45) is 0 Å². The minimum atomic E-state index is -0.360. The number of para-hydroxylation sites is 2. The maximum absolute atomic E-state index is 13.3. The van der Waals surface area contributed by atoms with Crippen LogP contribution in [0.15, 0.2) is 78.9 Å². The Morgan fingerprint density at radius 1 is 0.941 bits per heavy atom. The number of nitrogens with one attached hydrogen (secondary N) is 2. The second-order valence-corrected chi connectivity index (χ2v) is 7.98. The third kappa shape index (κ3) is 6.65. The molecule has 0 spiro atoms. The van der Waals surface area contributed by atoms with Gasteiger partial charge in [0.1, 0.15) is 5.75 Å². The molecule has 3 aromatic rings. The fourth-order valence-corrected chi connectivity index (χ4v) is 3.57. The van der Waals surface area contributed by atoms with Crippen LogP contribution < -0.4 is 20.3 Å². The number of carbonyl (C=O) groups is 2. The molecule has 34 heavy (non-hydrogen) atoms. The average molecular weight is 476 g/mol. The molecular weight excluding hydrogens is 446 g/mol. The first-order valence-corrected chi connectivity index (χ1v) is 11.8. The summed E-state index contributed by atoms with van der Waals surface area (Å²) in [7, 11) is 0. The Balaban J connectivity index is 1.70. The molecule has 0 saturated carbocycles. The first-order chi connectivity index (χ1) is 16.5. The van der Waals surface area contributed by atoms with Crippen molar-refractivity contribution in [1.82, 2.24) is 5.32 Å². The zero-order chi connectivity index (χ0) is 24.3. The molecule has 0 aliphatic rings. The summed E-state index contributed by atoms with van der Waals surface area (Å²) < 4.78 is 5.68. The zero-order valence-corrected chi connectivity index (χ0v) is 20.2. The number of anilines is 2. The highest BCUT2D eigenvalue weighted by Gasteiger charge is 2.20. The van der Waals surface area contributed by atoms with Crippen molar-refractivity contribution in [2.45, 2.75) is 26.7 Å². The van der Waals surface area contributed by atoms with Gasteiger partial charge in [-0.2, -0.15) is 0 Å². The highest BCUT2D eigenvalue weighted by molar-refractivity contribution is 7.80. The van der Waals surface area contributed by atoms with Gasteiger partial charge in [0.25, 0.3) is 11.8 Å². The van der Waals surface area contributed by atoms with Gasteiger partial charge in [0, 0.05) is 17.8 Å². The number of benzene rings is 3. The third-order valence-corrected chi connectivity index (χ3v) is 5.33. The second-order valence-electron chi connectivity index (χ2n) is 7.57. The SMILES string of the molecule is CCCCOc1cccc(C(=O)NC(=S)Nc2ccccc2C(=O)N(CC)c2ccccc2)c1. The molecular formula is C27H29N3O3S. The van der Waals surface area contributed by atoms with E-state index in [2.05, 4.69) is 17.6 Å². The van der Waals surface area contributed by atoms with Crippen LogP contribution >= 0.6 is 12.2 Å². The Morgan fingerprint density at radius 3 is 2.41 bits per heavy atom. The van der Waals surface area contributed by atoms with Gasteiger partial charge in [-0.15, -0.1) is 0 Å². The summed E-state index contributed by atoms with van der Waals surface area (Å²) >= 11 is 5.37. The van der Waals surface area contributed by atoms with Crippen LogP contribution in [0.4, 0.5) is 11.4 Å². The number of rotatable bonds is 9. The topological polar surface area (TPSA) is 70.7 Å². The Morgan fingerprint density at radius 2 is 1.68 bits per heavy atom. The van der Waals surface area contributed by atoms with Crippen LogP contribution in [0.1, 0.15) is 47.4 Å². The van der Waals surface area contributed by atoms with Crippen LogP contribution in [0.25, 0.3) is 0 Å². The number of thiocarbonyl (C=S) groups is 1. The molecule has 0 fully saturated rings. The van der Waals surface area contributed by atoms with E-state index in [1.807, 2.05) is 43.3 Å². The van der Waals surface area contributed by atoms with E-state index in [0.29, 0.717) is 35.7 Å². The van der Waals surface area contributed by atoms with E-state index in [1.54, 1.807) is 47.4 Å². The summed E-state index contributed by atoms with van der Waals surface area (Å²) in [6, 6.07) is 23.5. The largest absolute Gasteiger partial charge is 0.494 e. The number of nitrogens with zero attached hydrogens (tertiary/aromatic N) is 1. The molecule has 0 aromatic heterocycles. The maximum Gasteiger partial charge on any atom is 0.260 e. The third-order valence-electron chi connectivity index (χ3n) is 5.12. The van der Waals surface area contributed by atoms with E-state index >= 15 is 0 Å². The summed E-state index contributed by atoms with van der Waals surface area (Å²) in [6.07, 6.45) is 1.98. The molecule has 7 heteroatoms. The molecule has 0 unspecified atom stereocenters. The molecule has 0 bridgehead atoms. The Labute approximate surface area is 205 Å². The van der Waals surface area contributed by atoms with Crippen molar-refractivity contribution in [3.05, 3.63) is 90.0 Å². The van der Waals surface area contributed by atoms with Gasteiger partial charge in [0.05, 0.1) is 17.9 Å². The highest BCUT2D eigenvalue weighted by Crippen LogP contribution is 2.22. The van der Waals surface area contributed by atoms with Crippen LogP contribution in [0.3, 0.4) is 0 Å². The lowest BCUT2D eigenvalue weighted by molar-refractivity contribution is 0.0974. The summed E-state index contributed by atoms with van der Waals surface area (Å²) in [4.78, 5) is 27.7. The Bertz CT molecular complexity index is 1130. The number of ether oxygens (including phenoxy) is 1. The van der Waals surface area contributed by atoms with Crippen LogP contribution in [-0.4, -0.2) is 30.1 Å². The van der Waals surface area contributed by atoms with Crippen molar-refractivity contribution in [3.8, 4) is 5.75 Å². The average Bonchev–Trinajstić information content (AvgIpc) is 2.85. The maximum atomic E-state index is 13.3. The standard InChI is InChI=1S/C27H29N3O3S/c1-3-5-18-33-22-15-11-12-20(19-22)25(31)29-27(34)28-24-17-10-9-16-23(24)26(32)30(4-2)21-13-7-6-8-14-21/h6-17,19H,3-5,18H2,1-2H3,(H2,28,29,31,34). The van der Waals surface area contributed by atoms with Gasteiger partial charge in [0.15, 0.2) is 5.11 Å². The first-order valence-electron chi connectivity index (χ1n) is 11.3. The molecule has 0 aliphatic heterocycles. The molecule has 3 aromatic carbocycles. The van der Waals surface area contributed by atoms with Crippen molar-refractivity contribution in [3.63, 3.8) is 0 Å². The van der Waals surface area contributed by atoms with Gasteiger partial charge in [-0.1, -0.05) is 49.7 Å². The predicted octanol–water partition coefficient (Wildman–Crippen LogP) is 5.66. The summed E-state index contributed by atoms with van der Waals surface area (Å²) in [5, 5.41) is 5.78. The Hall–Kier alpha value is -3.71. The summed E-state index contributed by atoms with van der Waals surface area (Å²) in [5.74, 6) is 0.112. The van der Waals surface area contributed by atoms with E-state index in [0.717, 1.165) is 18.5 Å². The number of hydrogen-bond donors (Lipinski definition) is 2. The minimum Gasteiger partial charge on any atom is -0.494 e. The van der Waals surface area contributed by atoms with Gasteiger partial charge < -0.3 is 15.0 Å². The summed E-state index contributed by atoms with van der Waals surface area (Å²) in [5.41, 5.74) is 2.21. The van der Waals surface area contributed by atoms with Gasteiger partial charge in [0.2, 0.25) is 0 Å². The molecule has 0 radical (unpaired) electrons. The summed E-state index contributed by atoms with van der Waals surface area (Å²) in [6.45, 7) is 5.12. The van der Waals surface area contributed by atoms with Crippen molar-refractivity contribution >= 4 is 40.5 Å². The quantitative estimate of drug-likeness (QED) is 0.309. The van der Waals surface area contributed by atoms with Crippen LogP contribution in [0.5, 0.6) is 5.75 Å². The van der Waals surface area contributed by atoms with Gasteiger partial charge in [-0.05, 0) is 68.0 Å². The molecule has 0 aliphatic carbocycles. The van der Waals surface area contributed by atoms with Crippen molar-refractivity contribution in [1.29, 1.82) is 0 Å². The first kappa shape index (κ1) is 24.9. The van der Waals surface area contributed by atoms with E-state index < -0.39 is 0 Å². The van der Waals surface area contributed by atoms with Gasteiger partial charge in [-0.25, -0.2) is 0 Å². The lowest BCUT2D eigenvalue weighted by Gasteiger charge is -2.23. The van der Waals surface area contributed by atoms with Crippen molar-refractivity contribution in [2.75, 3.05) is 23.4 Å². The van der Waals surface area contributed by atoms with Crippen LogP contribution in [0.2, 0.25) is 0 Å². The molecule has 6 nitrogen and oxygen atoms in total. The molecule has 0 heterocycles. The van der Waals surface area contributed by atoms with Gasteiger partial charge in [-0.3, -0.25) is 14.9 Å². The Kier molecular flexibility index (Phi) is 9.17. The van der Waals surface area contributed by atoms with Gasteiger partial charge >= 0.3 is 0 Å². The monoisotopic (exact) mass is 475 g/mol. The molecule has 0 atom stereocenters. The van der Waals surface area contributed by atoms with Crippen LogP contribution in [-0.2, 0) is 0 Å². The molecule has 176 valence electrons. The smallest absolute Gasteiger partial charge is 0.260 e. The lowest BCUT2D eigenvalue weighted by Crippen LogP contribution is -2.35. The fourth-order valence-electron chi connectivity index (χ4n) is 3.37. The molecule has 2 N–H and O–H groups in total. The number of unbranched alkanes of at least 4 members (excludes halogenated alkanes) is 1.